The molecule has 5 nitrogen and oxygen atoms in total. The lowest BCUT2D eigenvalue weighted by Gasteiger charge is -2.36. The quantitative estimate of drug-likeness (QED) is 0.489. The molecule has 2 aromatic rings. The maximum atomic E-state index is 6.11. The maximum absolute atomic E-state index is 6.11. The van der Waals surface area contributed by atoms with Crippen LogP contribution in [0.15, 0.2) is 22.5 Å². The number of aromatic nitrogens is 2. The van der Waals surface area contributed by atoms with E-state index < -0.39 is 0 Å². The second-order valence-corrected chi connectivity index (χ2v) is 9.50. The first-order valence-electron chi connectivity index (χ1n) is 8.75. The molecule has 3 rings (SSSR count). The number of unbranched alkanes of at least 4 members (excludes halogenated alkanes) is 2. The van der Waals surface area contributed by atoms with E-state index in [9.17, 15) is 0 Å². The normalized spacial score (nSPS) is 15.5. The van der Waals surface area contributed by atoms with Gasteiger partial charge in [0, 0.05) is 47.7 Å². The van der Waals surface area contributed by atoms with E-state index in [0.717, 1.165) is 42.0 Å². The van der Waals surface area contributed by atoms with Gasteiger partial charge < -0.3 is 10.6 Å². The molecule has 1 aromatic heterocycles. The summed E-state index contributed by atoms with van der Waals surface area (Å²) < 4.78 is 0.972. The highest BCUT2D eigenvalue weighted by Gasteiger charge is 2.17. The zero-order valence-corrected chi connectivity index (χ0v) is 17.7. The van der Waals surface area contributed by atoms with E-state index in [4.69, 9.17) is 28.9 Å². The second-order valence-electron chi connectivity index (χ2n) is 6.27. The molecule has 26 heavy (non-hydrogen) atoms. The minimum atomic E-state index is 0.548. The molecule has 0 saturated carbocycles. The molecule has 0 amide bonds. The van der Waals surface area contributed by atoms with Gasteiger partial charge in [0.05, 0.1) is 0 Å². The van der Waals surface area contributed by atoms with Crippen LogP contribution >= 0.6 is 46.3 Å². The molecule has 0 bridgehead atoms. The molecule has 1 aliphatic heterocycles. The van der Waals surface area contributed by atoms with E-state index >= 15 is 0 Å². The Morgan fingerprint density at radius 3 is 2.38 bits per heavy atom. The predicted octanol–water partition coefficient (Wildman–Crippen LogP) is 4.51. The minimum absolute atomic E-state index is 0.548. The van der Waals surface area contributed by atoms with Gasteiger partial charge in [0.2, 0.25) is 5.13 Å². The van der Waals surface area contributed by atoms with E-state index in [2.05, 4.69) is 20.0 Å². The Balaban J connectivity index is 1.29. The van der Waals surface area contributed by atoms with Crippen molar-refractivity contribution in [1.29, 1.82) is 0 Å². The summed E-state index contributed by atoms with van der Waals surface area (Å²) in [6.45, 7) is 5.38. The summed E-state index contributed by atoms with van der Waals surface area (Å²) in [5.74, 6) is 1.08. The lowest BCUT2D eigenvalue weighted by Crippen LogP contribution is -2.46. The summed E-state index contributed by atoms with van der Waals surface area (Å²) in [5.41, 5.74) is 6.71. The lowest BCUT2D eigenvalue weighted by molar-refractivity contribution is 0.253. The van der Waals surface area contributed by atoms with Gasteiger partial charge >= 0.3 is 0 Å². The third-order valence-electron chi connectivity index (χ3n) is 4.35. The van der Waals surface area contributed by atoms with Crippen molar-refractivity contribution in [2.75, 3.05) is 49.1 Å². The molecule has 9 heteroatoms. The Morgan fingerprint density at radius 1 is 1.00 bits per heavy atom. The van der Waals surface area contributed by atoms with Crippen molar-refractivity contribution < 1.29 is 0 Å². The van der Waals surface area contributed by atoms with Gasteiger partial charge in [-0.05, 0) is 37.6 Å². The van der Waals surface area contributed by atoms with Crippen molar-refractivity contribution in [1.82, 2.24) is 15.1 Å². The average molecular weight is 432 g/mol. The molecule has 2 heterocycles. The van der Waals surface area contributed by atoms with Crippen molar-refractivity contribution in [3.63, 3.8) is 0 Å². The fraction of sp³-hybridized carbons (Fsp3) is 0.529. The number of piperazine rings is 1. The van der Waals surface area contributed by atoms with Gasteiger partial charge in [-0.25, -0.2) is 0 Å². The van der Waals surface area contributed by atoms with Crippen LogP contribution in [-0.2, 0) is 0 Å². The topological polar surface area (TPSA) is 58.3 Å². The van der Waals surface area contributed by atoms with Gasteiger partial charge in [-0.3, -0.25) is 4.90 Å². The Labute approximate surface area is 172 Å². The van der Waals surface area contributed by atoms with Crippen LogP contribution in [0.3, 0.4) is 0 Å². The molecule has 1 fully saturated rings. The molecule has 1 aromatic carbocycles. The van der Waals surface area contributed by atoms with Gasteiger partial charge in [0.1, 0.15) is 0 Å². The summed E-state index contributed by atoms with van der Waals surface area (Å²) in [4.78, 5) is 4.90. The number of rotatable bonds is 8. The Bertz CT molecular complexity index is 684. The van der Waals surface area contributed by atoms with Gasteiger partial charge in [-0.2, -0.15) is 0 Å². The first-order chi connectivity index (χ1) is 12.6. The van der Waals surface area contributed by atoms with Crippen molar-refractivity contribution in [2.24, 2.45) is 0 Å². The zero-order chi connectivity index (χ0) is 18.4. The number of benzene rings is 1. The Morgan fingerprint density at radius 2 is 1.73 bits per heavy atom. The van der Waals surface area contributed by atoms with Crippen LogP contribution in [0.5, 0.6) is 0 Å². The Hall–Kier alpha value is -0.730. The van der Waals surface area contributed by atoms with Crippen molar-refractivity contribution >= 4 is 57.1 Å². The van der Waals surface area contributed by atoms with Crippen LogP contribution in [-0.4, -0.2) is 53.6 Å². The molecule has 0 radical (unpaired) electrons. The number of halogens is 2. The minimum Gasteiger partial charge on any atom is -0.374 e. The number of hydrogen-bond donors (Lipinski definition) is 1. The molecule has 0 spiro atoms. The summed E-state index contributed by atoms with van der Waals surface area (Å²) in [7, 11) is 0. The van der Waals surface area contributed by atoms with Crippen LogP contribution < -0.4 is 10.6 Å². The molecule has 2 N–H and O–H groups in total. The summed E-state index contributed by atoms with van der Waals surface area (Å²) in [5, 5.41) is 9.80. The smallest absolute Gasteiger partial charge is 0.203 e. The lowest BCUT2D eigenvalue weighted by atomic mass is 10.2. The van der Waals surface area contributed by atoms with E-state index in [1.54, 1.807) is 17.8 Å². The SMILES string of the molecule is Nc1nnc(SCCCCCN2CCN(c3cc(Cl)cc(Cl)c3)CC2)s1. The second kappa shape index (κ2) is 9.99. The summed E-state index contributed by atoms with van der Waals surface area (Å²) in [6.07, 6.45) is 3.68. The first kappa shape index (κ1) is 20.0. The maximum Gasteiger partial charge on any atom is 0.203 e. The number of hydrogen-bond acceptors (Lipinski definition) is 7. The number of nitrogens with two attached hydrogens (primary N) is 1. The molecule has 0 unspecified atom stereocenters. The molecule has 0 atom stereocenters. The van der Waals surface area contributed by atoms with Gasteiger partial charge in [-0.1, -0.05) is 52.7 Å². The van der Waals surface area contributed by atoms with Crippen molar-refractivity contribution in [3.05, 3.63) is 28.2 Å². The van der Waals surface area contributed by atoms with E-state index in [1.165, 1.54) is 37.1 Å². The fourth-order valence-electron chi connectivity index (χ4n) is 3.00. The van der Waals surface area contributed by atoms with E-state index in [1.807, 2.05) is 12.1 Å². The van der Waals surface area contributed by atoms with Gasteiger partial charge in [0.15, 0.2) is 4.34 Å². The van der Waals surface area contributed by atoms with Crippen LogP contribution in [0, 0.1) is 0 Å². The highest BCUT2D eigenvalue weighted by atomic mass is 35.5. The highest BCUT2D eigenvalue weighted by molar-refractivity contribution is 8.01. The fourth-order valence-corrected chi connectivity index (χ4v) is 5.22. The first-order valence-corrected chi connectivity index (χ1v) is 11.3. The number of thioether (sulfide) groups is 1. The molecular formula is C17H23Cl2N5S2. The van der Waals surface area contributed by atoms with Gasteiger partial charge in [-0.15, -0.1) is 10.2 Å². The summed E-state index contributed by atoms with van der Waals surface area (Å²) >= 11 is 15.4. The molecule has 1 aliphatic rings. The third-order valence-corrected chi connectivity index (χ3v) is 6.76. The highest BCUT2D eigenvalue weighted by Crippen LogP contribution is 2.26. The van der Waals surface area contributed by atoms with Crippen LogP contribution in [0.25, 0.3) is 0 Å². The van der Waals surface area contributed by atoms with E-state index in [0.29, 0.717) is 15.2 Å². The van der Waals surface area contributed by atoms with Crippen molar-refractivity contribution in [3.8, 4) is 0 Å². The Kier molecular flexibility index (Phi) is 7.69. The molecule has 1 saturated heterocycles. The van der Waals surface area contributed by atoms with Crippen LogP contribution in [0.2, 0.25) is 10.0 Å². The average Bonchev–Trinajstić information content (AvgIpc) is 3.03. The zero-order valence-electron chi connectivity index (χ0n) is 14.5. The standard InChI is InChI=1S/C17H23Cl2N5S2/c18-13-10-14(19)12-15(11-13)24-7-5-23(6-8-24)4-2-1-3-9-25-17-22-21-16(20)26-17/h10-12H,1-9H2,(H2,20,21). The van der Waals surface area contributed by atoms with Crippen LogP contribution in [0.1, 0.15) is 19.3 Å². The molecule has 0 aliphatic carbocycles. The largest absolute Gasteiger partial charge is 0.374 e. The van der Waals surface area contributed by atoms with E-state index in [-0.39, 0.29) is 0 Å². The van der Waals surface area contributed by atoms with Crippen molar-refractivity contribution in [2.45, 2.75) is 23.6 Å². The number of nitrogens with zero attached hydrogens (tertiary/aromatic N) is 4. The van der Waals surface area contributed by atoms with Gasteiger partial charge in [0.25, 0.3) is 0 Å². The molecule has 142 valence electrons. The third kappa shape index (κ3) is 6.16. The number of nitrogen functional groups attached to an aromatic ring is 1. The van der Waals surface area contributed by atoms with Crippen LogP contribution in [0.4, 0.5) is 10.8 Å². The summed E-state index contributed by atoms with van der Waals surface area (Å²) in [6, 6.07) is 5.76. The number of anilines is 2. The predicted molar refractivity (Wildman–Crippen MR) is 114 cm³/mol. The molecular weight excluding hydrogens is 409 g/mol. The monoisotopic (exact) mass is 431 g/mol.